The quantitative estimate of drug-likeness (QED) is 0.654. The minimum Gasteiger partial charge on any atom is -0.408 e. The first-order valence-electron chi connectivity index (χ1n) is 5.82. The molecule has 1 heterocycles. The molecule has 0 aliphatic heterocycles. The summed E-state index contributed by atoms with van der Waals surface area (Å²) in [6.07, 6.45) is 0. The Bertz CT molecular complexity index is 766. The zero-order valence-corrected chi connectivity index (χ0v) is 10.3. The van der Waals surface area contributed by atoms with Crippen LogP contribution in [-0.2, 0) is 7.05 Å². The molecule has 0 unspecified atom stereocenters. The Hall–Kier alpha value is -2.29. The van der Waals surface area contributed by atoms with Crippen LogP contribution in [0.2, 0.25) is 0 Å². The summed E-state index contributed by atoms with van der Waals surface area (Å²) < 4.78 is 6.71. The number of benzene rings is 2. The second-order valence-electron chi connectivity index (χ2n) is 4.43. The lowest BCUT2D eigenvalue weighted by atomic mass is 10.00. The van der Waals surface area contributed by atoms with Crippen molar-refractivity contribution in [3.8, 4) is 11.1 Å². The van der Waals surface area contributed by atoms with E-state index in [0.29, 0.717) is 5.58 Å². The van der Waals surface area contributed by atoms with Gasteiger partial charge in [0.2, 0.25) is 0 Å². The topological polar surface area (TPSA) is 35.1 Å². The van der Waals surface area contributed by atoms with Gasteiger partial charge >= 0.3 is 5.76 Å². The molecule has 3 rings (SSSR count). The third kappa shape index (κ3) is 1.56. The van der Waals surface area contributed by atoms with Gasteiger partial charge in [0.05, 0.1) is 5.52 Å². The molecule has 0 saturated heterocycles. The first-order valence-corrected chi connectivity index (χ1v) is 5.82. The largest absolute Gasteiger partial charge is 0.419 e. The highest BCUT2D eigenvalue weighted by Gasteiger charge is 2.10. The number of rotatable bonds is 1. The van der Waals surface area contributed by atoms with Gasteiger partial charge < -0.3 is 4.42 Å². The van der Waals surface area contributed by atoms with Crippen molar-refractivity contribution in [3.05, 3.63) is 58.6 Å². The molecular formula is C15H13NO2. The van der Waals surface area contributed by atoms with Crippen molar-refractivity contribution in [3.63, 3.8) is 0 Å². The van der Waals surface area contributed by atoms with Gasteiger partial charge in [-0.15, -0.1) is 0 Å². The zero-order valence-electron chi connectivity index (χ0n) is 10.3. The van der Waals surface area contributed by atoms with Crippen molar-refractivity contribution in [1.29, 1.82) is 0 Å². The highest BCUT2D eigenvalue weighted by molar-refractivity contribution is 5.83. The molecule has 0 saturated carbocycles. The van der Waals surface area contributed by atoms with Gasteiger partial charge in [-0.1, -0.05) is 30.3 Å². The molecule has 2 aromatic carbocycles. The molecule has 3 aromatic rings. The van der Waals surface area contributed by atoms with Gasteiger partial charge in [0.15, 0.2) is 5.58 Å². The van der Waals surface area contributed by atoms with E-state index in [1.165, 1.54) is 4.57 Å². The maximum absolute atomic E-state index is 11.5. The molecule has 3 nitrogen and oxygen atoms in total. The van der Waals surface area contributed by atoms with Crippen LogP contribution in [-0.4, -0.2) is 4.57 Å². The van der Waals surface area contributed by atoms with E-state index < -0.39 is 0 Å². The van der Waals surface area contributed by atoms with E-state index in [-0.39, 0.29) is 5.76 Å². The lowest BCUT2D eigenvalue weighted by molar-refractivity contribution is 0.528. The molecule has 90 valence electrons. The Morgan fingerprint density at radius 1 is 1.11 bits per heavy atom. The lowest BCUT2D eigenvalue weighted by Crippen LogP contribution is -2.08. The molecule has 0 amide bonds. The fourth-order valence-corrected chi connectivity index (χ4v) is 2.20. The molecule has 0 bridgehead atoms. The van der Waals surface area contributed by atoms with Gasteiger partial charge in [-0.25, -0.2) is 4.79 Å². The molecule has 0 atom stereocenters. The van der Waals surface area contributed by atoms with Gasteiger partial charge in [0.1, 0.15) is 0 Å². The number of oxazole rings is 1. The first kappa shape index (κ1) is 10.8. The van der Waals surface area contributed by atoms with Gasteiger partial charge in [0, 0.05) is 7.05 Å². The van der Waals surface area contributed by atoms with Gasteiger partial charge in [-0.2, -0.15) is 0 Å². The second-order valence-corrected chi connectivity index (χ2v) is 4.43. The highest BCUT2D eigenvalue weighted by Crippen LogP contribution is 2.27. The van der Waals surface area contributed by atoms with E-state index in [4.69, 9.17) is 4.42 Å². The average molecular weight is 239 g/mol. The van der Waals surface area contributed by atoms with Crippen LogP contribution in [0.4, 0.5) is 0 Å². The maximum Gasteiger partial charge on any atom is 0.419 e. The molecule has 0 spiro atoms. The van der Waals surface area contributed by atoms with E-state index >= 15 is 0 Å². The maximum atomic E-state index is 11.5. The minimum absolute atomic E-state index is 0.324. The monoisotopic (exact) mass is 239 g/mol. The Morgan fingerprint density at radius 2 is 1.83 bits per heavy atom. The van der Waals surface area contributed by atoms with Crippen LogP contribution in [0.1, 0.15) is 5.56 Å². The van der Waals surface area contributed by atoms with Crippen LogP contribution in [0.25, 0.3) is 22.2 Å². The Balaban J connectivity index is 2.34. The fraction of sp³-hybridized carbons (Fsp3) is 0.133. The molecular weight excluding hydrogens is 226 g/mol. The fourth-order valence-electron chi connectivity index (χ4n) is 2.20. The molecule has 1 aromatic heterocycles. The summed E-state index contributed by atoms with van der Waals surface area (Å²) in [5.74, 6) is -0.324. The van der Waals surface area contributed by atoms with Crippen LogP contribution in [0, 0.1) is 6.92 Å². The van der Waals surface area contributed by atoms with Crippen LogP contribution in [0.5, 0.6) is 0 Å². The van der Waals surface area contributed by atoms with Crippen molar-refractivity contribution in [1.82, 2.24) is 4.57 Å². The number of nitrogens with zero attached hydrogens (tertiary/aromatic N) is 1. The van der Waals surface area contributed by atoms with Crippen molar-refractivity contribution in [2.75, 3.05) is 0 Å². The highest BCUT2D eigenvalue weighted by atomic mass is 16.4. The van der Waals surface area contributed by atoms with Gasteiger partial charge in [-0.05, 0) is 35.7 Å². The number of aromatic nitrogens is 1. The number of aryl methyl sites for hydroxylation is 2. The van der Waals surface area contributed by atoms with E-state index in [2.05, 4.69) is 12.1 Å². The van der Waals surface area contributed by atoms with Crippen molar-refractivity contribution in [2.45, 2.75) is 6.92 Å². The summed E-state index contributed by atoms with van der Waals surface area (Å²) in [6.45, 7) is 2.02. The summed E-state index contributed by atoms with van der Waals surface area (Å²) in [5, 5.41) is 0. The minimum atomic E-state index is -0.324. The summed E-state index contributed by atoms with van der Waals surface area (Å²) in [4.78, 5) is 11.5. The average Bonchev–Trinajstić information content (AvgIpc) is 2.65. The van der Waals surface area contributed by atoms with Gasteiger partial charge in [0.25, 0.3) is 0 Å². The predicted octanol–water partition coefficient (Wildman–Crippen LogP) is 3.11. The Kier molecular flexibility index (Phi) is 2.33. The molecule has 0 radical (unpaired) electrons. The first-order chi connectivity index (χ1) is 8.66. The van der Waals surface area contributed by atoms with Crippen LogP contribution >= 0.6 is 0 Å². The molecule has 0 fully saturated rings. The predicted molar refractivity (Wildman–Crippen MR) is 71.6 cm³/mol. The van der Waals surface area contributed by atoms with Crippen LogP contribution in [0.15, 0.2) is 51.7 Å². The normalized spacial score (nSPS) is 11.0. The zero-order chi connectivity index (χ0) is 12.7. The Labute approximate surface area is 104 Å². The van der Waals surface area contributed by atoms with E-state index in [1.54, 1.807) is 7.05 Å². The van der Waals surface area contributed by atoms with E-state index in [1.807, 2.05) is 37.3 Å². The number of hydrogen-bond donors (Lipinski definition) is 0. The smallest absolute Gasteiger partial charge is 0.408 e. The lowest BCUT2D eigenvalue weighted by Gasteiger charge is -2.06. The second kappa shape index (κ2) is 3.88. The molecule has 3 heteroatoms. The van der Waals surface area contributed by atoms with Crippen molar-refractivity contribution < 1.29 is 4.42 Å². The summed E-state index contributed by atoms with van der Waals surface area (Å²) >= 11 is 0. The molecule has 0 N–H and O–H groups in total. The third-order valence-electron chi connectivity index (χ3n) is 3.22. The van der Waals surface area contributed by atoms with Crippen molar-refractivity contribution >= 4 is 11.1 Å². The third-order valence-corrected chi connectivity index (χ3v) is 3.22. The standard InChI is InChI=1S/C15H13NO2/c1-10-8-14-13(16(2)15(17)18-14)9-12(10)11-6-4-3-5-7-11/h3-9H,1-2H3. The molecule has 0 aliphatic rings. The number of hydrogen-bond acceptors (Lipinski definition) is 2. The molecule has 18 heavy (non-hydrogen) atoms. The van der Waals surface area contributed by atoms with E-state index in [9.17, 15) is 4.79 Å². The summed E-state index contributed by atoms with van der Waals surface area (Å²) in [7, 11) is 1.72. The summed E-state index contributed by atoms with van der Waals surface area (Å²) in [6, 6.07) is 14.0. The van der Waals surface area contributed by atoms with Crippen LogP contribution in [0.3, 0.4) is 0 Å². The van der Waals surface area contributed by atoms with Crippen molar-refractivity contribution in [2.24, 2.45) is 7.05 Å². The molecule has 0 aliphatic carbocycles. The number of fused-ring (bicyclic) bond motifs is 1. The SMILES string of the molecule is Cc1cc2oc(=O)n(C)c2cc1-c1ccccc1. The van der Waals surface area contributed by atoms with Gasteiger partial charge in [-0.3, -0.25) is 4.57 Å². The van der Waals surface area contributed by atoms with E-state index in [0.717, 1.165) is 22.2 Å². The summed E-state index contributed by atoms with van der Waals surface area (Å²) in [5.41, 5.74) is 4.83. The van der Waals surface area contributed by atoms with Crippen LogP contribution < -0.4 is 5.76 Å². The Morgan fingerprint density at radius 3 is 2.56 bits per heavy atom.